The molecular weight excluding hydrogens is 394 g/mol. The fraction of sp³-hybridized carbons (Fsp3) is 0.600. The lowest BCUT2D eigenvalue weighted by Gasteiger charge is -2.33. The summed E-state index contributed by atoms with van der Waals surface area (Å²) in [4.78, 5) is 27.0. The molecule has 1 aliphatic heterocycles. The zero-order valence-electron chi connectivity index (χ0n) is 15.2. The standard InChI is InChI=1S/C20H28BrN3O2/c21-17-10-4-5-11-18(17)23-19(25)14-24-12-6-7-15(13-24)20(26)22-16-8-2-1-3-9-16/h4-5,10-11,15-16H,1-3,6-9,12-14H2,(H,22,26)(H,23,25). The molecule has 2 aliphatic rings. The van der Waals surface area contributed by atoms with Crippen LogP contribution < -0.4 is 10.6 Å². The van der Waals surface area contributed by atoms with Crippen LogP contribution in [0.25, 0.3) is 0 Å². The first kappa shape index (κ1) is 19.4. The van der Waals surface area contributed by atoms with E-state index in [9.17, 15) is 9.59 Å². The first-order valence-electron chi connectivity index (χ1n) is 9.69. The molecule has 1 aromatic carbocycles. The molecule has 6 heteroatoms. The first-order chi connectivity index (χ1) is 12.6. The number of anilines is 1. The first-order valence-corrected chi connectivity index (χ1v) is 10.5. The quantitative estimate of drug-likeness (QED) is 0.763. The maximum absolute atomic E-state index is 12.6. The van der Waals surface area contributed by atoms with Crippen LogP contribution in [0.3, 0.4) is 0 Å². The average molecular weight is 422 g/mol. The second-order valence-corrected chi connectivity index (χ2v) is 8.30. The fourth-order valence-electron chi connectivity index (χ4n) is 3.93. The molecule has 0 spiro atoms. The van der Waals surface area contributed by atoms with E-state index in [-0.39, 0.29) is 17.7 Å². The molecule has 1 atom stereocenters. The minimum atomic E-state index is -0.0368. The van der Waals surface area contributed by atoms with Gasteiger partial charge in [-0.1, -0.05) is 31.4 Å². The van der Waals surface area contributed by atoms with Gasteiger partial charge in [-0.05, 0) is 60.3 Å². The van der Waals surface area contributed by atoms with E-state index in [2.05, 4.69) is 31.5 Å². The Bertz CT molecular complexity index is 631. The van der Waals surface area contributed by atoms with E-state index < -0.39 is 0 Å². The summed E-state index contributed by atoms with van der Waals surface area (Å²) >= 11 is 3.44. The van der Waals surface area contributed by atoms with Gasteiger partial charge in [-0.25, -0.2) is 0 Å². The van der Waals surface area contributed by atoms with Crippen molar-refractivity contribution < 1.29 is 9.59 Å². The number of amides is 2. The number of hydrogen-bond acceptors (Lipinski definition) is 3. The van der Waals surface area contributed by atoms with Crippen molar-refractivity contribution >= 4 is 33.4 Å². The largest absolute Gasteiger partial charge is 0.353 e. The monoisotopic (exact) mass is 421 g/mol. The Hall–Kier alpha value is -1.40. The summed E-state index contributed by atoms with van der Waals surface area (Å²) in [5.41, 5.74) is 0.779. The van der Waals surface area contributed by atoms with Crippen LogP contribution in [0, 0.1) is 5.92 Å². The molecule has 1 aliphatic carbocycles. The topological polar surface area (TPSA) is 61.4 Å². The van der Waals surface area contributed by atoms with Crippen molar-refractivity contribution in [3.05, 3.63) is 28.7 Å². The average Bonchev–Trinajstić information content (AvgIpc) is 2.64. The summed E-state index contributed by atoms with van der Waals surface area (Å²) in [5, 5.41) is 6.18. The van der Waals surface area contributed by atoms with Gasteiger partial charge in [-0.15, -0.1) is 0 Å². The maximum atomic E-state index is 12.6. The van der Waals surface area contributed by atoms with Gasteiger partial charge in [0.25, 0.3) is 0 Å². The van der Waals surface area contributed by atoms with E-state index >= 15 is 0 Å². The summed E-state index contributed by atoms with van der Waals surface area (Å²) in [6.45, 7) is 1.87. The third-order valence-electron chi connectivity index (χ3n) is 5.34. The van der Waals surface area contributed by atoms with Crippen LogP contribution in [0.5, 0.6) is 0 Å². The zero-order valence-corrected chi connectivity index (χ0v) is 16.8. The Morgan fingerprint density at radius 2 is 1.85 bits per heavy atom. The molecule has 3 rings (SSSR count). The van der Waals surface area contributed by atoms with Crippen LogP contribution in [-0.2, 0) is 9.59 Å². The lowest BCUT2D eigenvalue weighted by Crippen LogP contribution is -2.47. The van der Waals surface area contributed by atoms with Gasteiger partial charge >= 0.3 is 0 Å². The number of halogens is 1. The van der Waals surface area contributed by atoms with Crippen molar-refractivity contribution in [3.8, 4) is 0 Å². The molecule has 2 fully saturated rings. The summed E-state index contributed by atoms with van der Waals surface area (Å²) in [5.74, 6) is 0.139. The van der Waals surface area contributed by atoms with E-state index in [1.807, 2.05) is 24.3 Å². The van der Waals surface area contributed by atoms with Crippen LogP contribution in [-0.4, -0.2) is 42.4 Å². The molecule has 2 N–H and O–H groups in total. The van der Waals surface area contributed by atoms with Crippen LogP contribution in [0.2, 0.25) is 0 Å². The van der Waals surface area contributed by atoms with Crippen LogP contribution in [0.1, 0.15) is 44.9 Å². The molecule has 142 valence electrons. The molecule has 0 radical (unpaired) electrons. The second kappa shape index (κ2) is 9.51. The maximum Gasteiger partial charge on any atom is 0.238 e. The van der Waals surface area contributed by atoms with E-state index in [0.717, 1.165) is 42.4 Å². The molecule has 1 aromatic rings. The summed E-state index contributed by atoms with van der Waals surface area (Å²) < 4.78 is 0.872. The third-order valence-corrected chi connectivity index (χ3v) is 6.03. The number of hydrogen-bond donors (Lipinski definition) is 2. The predicted molar refractivity (Wildman–Crippen MR) is 107 cm³/mol. The van der Waals surface area contributed by atoms with Gasteiger partial charge in [0.1, 0.15) is 0 Å². The zero-order chi connectivity index (χ0) is 18.4. The molecule has 0 aromatic heterocycles. The molecule has 1 heterocycles. The van der Waals surface area contributed by atoms with Gasteiger partial charge in [-0.3, -0.25) is 14.5 Å². The third kappa shape index (κ3) is 5.55. The van der Waals surface area contributed by atoms with Gasteiger partial charge in [0.2, 0.25) is 11.8 Å². The fourth-order valence-corrected chi connectivity index (χ4v) is 4.32. The number of nitrogens with one attached hydrogen (secondary N) is 2. The Morgan fingerprint density at radius 3 is 2.62 bits per heavy atom. The Morgan fingerprint density at radius 1 is 1.08 bits per heavy atom. The molecule has 0 bridgehead atoms. The molecule has 5 nitrogen and oxygen atoms in total. The number of para-hydroxylation sites is 1. The smallest absolute Gasteiger partial charge is 0.238 e. The summed E-state index contributed by atoms with van der Waals surface area (Å²) in [6, 6.07) is 7.94. The predicted octanol–water partition coefficient (Wildman–Crippen LogP) is 3.55. The van der Waals surface area contributed by atoms with Crippen molar-refractivity contribution in [2.24, 2.45) is 5.92 Å². The van der Waals surface area contributed by atoms with E-state index in [1.54, 1.807) is 0 Å². The van der Waals surface area contributed by atoms with E-state index in [0.29, 0.717) is 19.1 Å². The highest BCUT2D eigenvalue weighted by Crippen LogP contribution is 2.22. The molecule has 1 saturated carbocycles. The van der Waals surface area contributed by atoms with Crippen LogP contribution in [0.4, 0.5) is 5.69 Å². The van der Waals surface area contributed by atoms with Gasteiger partial charge < -0.3 is 10.6 Å². The Kier molecular flexibility index (Phi) is 7.08. The molecule has 26 heavy (non-hydrogen) atoms. The number of carbonyl (C=O) groups excluding carboxylic acids is 2. The minimum Gasteiger partial charge on any atom is -0.353 e. The second-order valence-electron chi connectivity index (χ2n) is 7.45. The van der Waals surface area contributed by atoms with Gasteiger partial charge in [0, 0.05) is 17.1 Å². The van der Waals surface area contributed by atoms with Gasteiger partial charge in [-0.2, -0.15) is 0 Å². The number of benzene rings is 1. The van der Waals surface area contributed by atoms with Crippen LogP contribution in [0.15, 0.2) is 28.7 Å². The molecule has 1 saturated heterocycles. The molecule has 2 amide bonds. The van der Waals surface area contributed by atoms with Crippen molar-refractivity contribution in [2.75, 3.05) is 25.0 Å². The normalized spacial score (nSPS) is 22.0. The number of carbonyl (C=O) groups is 2. The van der Waals surface area contributed by atoms with E-state index in [4.69, 9.17) is 0 Å². The van der Waals surface area contributed by atoms with E-state index in [1.165, 1.54) is 19.3 Å². The summed E-state index contributed by atoms with van der Waals surface area (Å²) in [7, 11) is 0. The summed E-state index contributed by atoms with van der Waals surface area (Å²) in [6.07, 6.45) is 7.82. The lowest BCUT2D eigenvalue weighted by molar-refractivity contribution is -0.128. The Labute approximate surface area is 164 Å². The lowest BCUT2D eigenvalue weighted by atomic mass is 9.93. The highest BCUT2D eigenvalue weighted by atomic mass is 79.9. The highest BCUT2D eigenvalue weighted by Gasteiger charge is 2.28. The number of rotatable bonds is 5. The van der Waals surface area contributed by atoms with Crippen molar-refractivity contribution in [1.29, 1.82) is 0 Å². The molecular formula is C20H28BrN3O2. The van der Waals surface area contributed by atoms with Gasteiger partial charge in [0.05, 0.1) is 18.2 Å². The number of piperidine rings is 1. The van der Waals surface area contributed by atoms with Gasteiger partial charge in [0.15, 0.2) is 0 Å². The number of likely N-dealkylation sites (tertiary alicyclic amines) is 1. The molecule has 1 unspecified atom stereocenters. The van der Waals surface area contributed by atoms with Crippen LogP contribution >= 0.6 is 15.9 Å². The highest BCUT2D eigenvalue weighted by molar-refractivity contribution is 9.10. The van der Waals surface area contributed by atoms with Crippen molar-refractivity contribution in [1.82, 2.24) is 10.2 Å². The number of nitrogens with zero attached hydrogens (tertiary/aromatic N) is 1. The van der Waals surface area contributed by atoms with Crippen molar-refractivity contribution in [3.63, 3.8) is 0 Å². The van der Waals surface area contributed by atoms with Crippen molar-refractivity contribution in [2.45, 2.75) is 51.0 Å². The Balaban J connectivity index is 1.47. The SMILES string of the molecule is O=C(CN1CCCC(C(=O)NC2CCCCC2)C1)Nc1ccccc1Br. The minimum absolute atomic E-state index is 0.00179.